The number of hydrogen-bond donors (Lipinski definition) is 3. The number of H-pyrrole nitrogens is 1. The number of nitrogens with two attached hydrogens (primary N) is 1. The molecule has 15 heavy (non-hydrogen) atoms. The minimum Gasteiger partial charge on any atom is -0.397 e. The molecule has 0 aliphatic carbocycles. The molecule has 1 saturated heterocycles. The fraction of sp³-hybridized carbons (Fsp3) is 0.500. The molecule has 1 aliphatic rings. The molecule has 1 aliphatic heterocycles. The van der Waals surface area contributed by atoms with Crippen LogP contribution < -0.4 is 11.1 Å². The highest BCUT2D eigenvalue weighted by molar-refractivity contribution is 5.93. The van der Waals surface area contributed by atoms with Gasteiger partial charge < -0.3 is 20.8 Å². The number of nitrogens with one attached hydrogen (secondary N) is 2. The van der Waals surface area contributed by atoms with Gasteiger partial charge in [-0.3, -0.25) is 4.79 Å². The van der Waals surface area contributed by atoms with Crippen LogP contribution in [0.2, 0.25) is 0 Å². The number of carbonyl (C=O) groups is 1. The fourth-order valence-electron chi connectivity index (χ4n) is 1.65. The fourth-order valence-corrected chi connectivity index (χ4v) is 1.65. The summed E-state index contributed by atoms with van der Waals surface area (Å²) in [6, 6.07) is 1.85. The van der Waals surface area contributed by atoms with Gasteiger partial charge in [0.25, 0.3) is 5.91 Å². The van der Waals surface area contributed by atoms with Crippen molar-refractivity contribution in [3.63, 3.8) is 0 Å². The highest BCUT2D eigenvalue weighted by Gasteiger charge is 2.17. The van der Waals surface area contributed by atoms with Gasteiger partial charge in [-0.05, 0) is 18.9 Å². The van der Waals surface area contributed by atoms with Gasteiger partial charge in [-0.1, -0.05) is 0 Å². The average Bonchev–Trinajstić information content (AvgIpc) is 2.66. The molecule has 1 fully saturated rings. The van der Waals surface area contributed by atoms with E-state index in [0.29, 0.717) is 11.4 Å². The summed E-state index contributed by atoms with van der Waals surface area (Å²) in [7, 11) is 0. The highest BCUT2D eigenvalue weighted by atomic mass is 16.5. The van der Waals surface area contributed by atoms with E-state index in [1.807, 2.05) is 0 Å². The van der Waals surface area contributed by atoms with E-state index in [1.165, 1.54) is 0 Å². The van der Waals surface area contributed by atoms with E-state index in [-0.39, 0.29) is 11.9 Å². The average molecular weight is 209 g/mol. The number of anilines is 1. The molecule has 5 nitrogen and oxygen atoms in total. The molecule has 2 heterocycles. The van der Waals surface area contributed by atoms with Crippen LogP contribution in [0.1, 0.15) is 23.3 Å². The number of nitrogen functional groups attached to an aromatic ring is 1. The van der Waals surface area contributed by atoms with Crippen molar-refractivity contribution in [2.75, 3.05) is 18.9 Å². The summed E-state index contributed by atoms with van der Waals surface area (Å²) in [6.07, 6.45) is 3.36. The van der Waals surface area contributed by atoms with E-state index in [1.54, 1.807) is 12.3 Å². The first-order chi connectivity index (χ1) is 7.25. The van der Waals surface area contributed by atoms with Crippen molar-refractivity contribution in [1.29, 1.82) is 0 Å². The zero-order valence-electron chi connectivity index (χ0n) is 8.45. The van der Waals surface area contributed by atoms with Gasteiger partial charge in [0.2, 0.25) is 0 Å². The van der Waals surface area contributed by atoms with Crippen LogP contribution in [-0.2, 0) is 4.74 Å². The van der Waals surface area contributed by atoms with Crippen LogP contribution in [0.15, 0.2) is 12.3 Å². The maximum absolute atomic E-state index is 11.7. The van der Waals surface area contributed by atoms with E-state index in [2.05, 4.69) is 10.3 Å². The zero-order valence-corrected chi connectivity index (χ0v) is 8.45. The van der Waals surface area contributed by atoms with Crippen LogP contribution in [0.25, 0.3) is 0 Å². The lowest BCUT2D eigenvalue weighted by atomic mass is 10.1. The molecule has 4 N–H and O–H groups in total. The summed E-state index contributed by atoms with van der Waals surface area (Å²) in [5.41, 5.74) is 6.61. The molecule has 5 heteroatoms. The maximum atomic E-state index is 11.7. The van der Waals surface area contributed by atoms with Crippen molar-refractivity contribution in [3.8, 4) is 0 Å². The Morgan fingerprint density at radius 1 is 1.53 bits per heavy atom. The topological polar surface area (TPSA) is 80.1 Å². The summed E-state index contributed by atoms with van der Waals surface area (Å²) in [6.45, 7) is 1.44. The van der Waals surface area contributed by atoms with Gasteiger partial charge in [0.05, 0.1) is 0 Å². The predicted molar refractivity (Wildman–Crippen MR) is 56.5 cm³/mol. The smallest absolute Gasteiger partial charge is 0.267 e. The summed E-state index contributed by atoms with van der Waals surface area (Å²) in [5, 5.41) is 2.94. The van der Waals surface area contributed by atoms with E-state index in [9.17, 15) is 4.79 Å². The lowest BCUT2D eigenvalue weighted by Gasteiger charge is -2.22. The van der Waals surface area contributed by atoms with Crippen LogP contribution in [0.3, 0.4) is 0 Å². The van der Waals surface area contributed by atoms with E-state index >= 15 is 0 Å². The summed E-state index contributed by atoms with van der Waals surface area (Å²) < 4.78 is 5.21. The first-order valence-corrected chi connectivity index (χ1v) is 5.08. The molecule has 2 rings (SSSR count). The minimum absolute atomic E-state index is 0.0985. The Morgan fingerprint density at radius 2 is 2.27 bits per heavy atom. The van der Waals surface area contributed by atoms with Gasteiger partial charge in [-0.15, -0.1) is 0 Å². The lowest BCUT2D eigenvalue weighted by Crippen LogP contribution is -2.39. The van der Waals surface area contributed by atoms with Crippen molar-refractivity contribution in [2.45, 2.75) is 18.9 Å². The predicted octanol–water partition coefficient (Wildman–Crippen LogP) is 0.506. The third-order valence-corrected chi connectivity index (χ3v) is 2.51. The lowest BCUT2D eigenvalue weighted by molar-refractivity contribution is 0.0694. The number of aromatic nitrogens is 1. The van der Waals surface area contributed by atoms with Gasteiger partial charge in [0, 0.05) is 31.1 Å². The Balaban J connectivity index is 1.91. The Morgan fingerprint density at radius 3 is 2.87 bits per heavy atom. The monoisotopic (exact) mass is 209 g/mol. The summed E-state index contributed by atoms with van der Waals surface area (Å²) in [4.78, 5) is 14.5. The summed E-state index contributed by atoms with van der Waals surface area (Å²) >= 11 is 0. The number of ether oxygens (including phenoxy) is 1. The molecule has 0 spiro atoms. The molecule has 0 radical (unpaired) electrons. The number of aromatic amines is 1. The zero-order chi connectivity index (χ0) is 10.7. The Kier molecular flexibility index (Phi) is 2.91. The van der Waals surface area contributed by atoms with E-state index in [4.69, 9.17) is 10.5 Å². The Labute approximate surface area is 88.0 Å². The molecule has 0 unspecified atom stereocenters. The first kappa shape index (κ1) is 10.0. The maximum Gasteiger partial charge on any atom is 0.267 e. The second-order valence-electron chi connectivity index (χ2n) is 3.71. The molecular weight excluding hydrogens is 194 g/mol. The van der Waals surface area contributed by atoms with Crippen LogP contribution >= 0.6 is 0 Å². The third-order valence-electron chi connectivity index (χ3n) is 2.51. The standard InChI is InChI=1S/C10H15N3O2/c11-7-5-9(12-6-7)10(14)13-8-1-3-15-4-2-8/h5-6,8,12H,1-4,11H2,(H,13,14). The van der Waals surface area contributed by atoms with Crippen LogP contribution in [-0.4, -0.2) is 30.1 Å². The minimum atomic E-state index is -0.0985. The van der Waals surface area contributed by atoms with E-state index < -0.39 is 0 Å². The summed E-state index contributed by atoms with van der Waals surface area (Å²) in [5.74, 6) is -0.0985. The molecule has 1 aromatic rings. The van der Waals surface area contributed by atoms with Gasteiger partial charge >= 0.3 is 0 Å². The second-order valence-corrected chi connectivity index (χ2v) is 3.71. The molecule has 82 valence electrons. The second kappa shape index (κ2) is 4.35. The van der Waals surface area contributed by atoms with Crippen molar-refractivity contribution in [3.05, 3.63) is 18.0 Å². The number of hydrogen-bond acceptors (Lipinski definition) is 3. The van der Waals surface area contributed by atoms with Crippen LogP contribution in [0.4, 0.5) is 5.69 Å². The van der Waals surface area contributed by atoms with Crippen molar-refractivity contribution >= 4 is 11.6 Å². The number of amides is 1. The van der Waals surface area contributed by atoms with Gasteiger partial charge in [0.1, 0.15) is 5.69 Å². The molecule has 1 amide bonds. The molecule has 0 atom stereocenters. The molecule has 0 aromatic carbocycles. The van der Waals surface area contributed by atoms with Crippen LogP contribution in [0.5, 0.6) is 0 Å². The highest BCUT2D eigenvalue weighted by Crippen LogP contribution is 2.09. The largest absolute Gasteiger partial charge is 0.397 e. The van der Waals surface area contributed by atoms with Crippen molar-refractivity contribution < 1.29 is 9.53 Å². The normalized spacial score (nSPS) is 17.6. The number of rotatable bonds is 2. The molecular formula is C10H15N3O2. The van der Waals surface area contributed by atoms with Gasteiger partial charge in [0.15, 0.2) is 0 Å². The molecule has 1 aromatic heterocycles. The number of carbonyl (C=O) groups excluding carboxylic acids is 1. The molecule has 0 bridgehead atoms. The molecule has 0 saturated carbocycles. The van der Waals surface area contributed by atoms with Crippen molar-refractivity contribution in [1.82, 2.24) is 10.3 Å². The SMILES string of the molecule is Nc1c[nH]c(C(=O)NC2CCOCC2)c1. The van der Waals surface area contributed by atoms with E-state index in [0.717, 1.165) is 26.1 Å². The Hall–Kier alpha value is -1.49. The first-order valence-electron chi connectivity index (χ1n) is 5.08. The quantitative estimate of drug-likeness (QED) is 0.663. The van der Waals surface area contributed by atoms with Crippen LogP contribution in [0, 0.1) is 0 Å². The third kappa shape index (κ3) is 2.50. The van der Waals surface area contributed by atoms with Gasteiger partial charge in [-0.25, -0.2) is 0 Å². The van der Waals surface area contributed by atoms with Crippen molar-refractivity contribution in [2.24, 2.45) is 0 Å². The Bertz CT molecular complexity index is 342. The van der Waals surface area contributed by atoms with Gasteiger partial charge in [-0.2, -0.15) is 0 Å².